The SMILES string of the molecule is C=CCNCc1ccc(OC)c(OCC)c1.Cl. The first kappa shape index (κ1) is 15.8. The van der Waals surface area contributed by atoms with Crippen molar-refractivity contribution in [2.45, 2.75) is 13.5 Å². The zero-order valence-electron chi connectivity index (χ0n) is 10.4. The number of hydrogen-bond acceptors (Lipinski definition) is 3. The topological polar surface area (TPSA) is 30.5 Å². The second-order valence-electron chi connectivity index (χ2n) is 3.34. The number of rotatable bonds is 7. The van der Waals surface area contributed by atoms with Crippen molar-refractivity contribution in [1.82, 2.24) is 5.32 Å². The van der Waals surface area contributed by atoms with Gasteiger partial charge in [-0.25, -0.2) is 0 Å². The summed E-state index contributed by atoms with van der Waals surface area (Å²) in [6, 6.07) is 5.95. The highest BCUT2D eigenvalue weighted by molar-refractivity contribution is 5.85. The molecule has 0 aromatic heterocycles. The van der Waals surface area contributed by atoms with Crippen LogP contribution in [0.25, 0.3) is 0 Å². The van der Waals surface area contributed by atoms with Crippen LogP contribution in [0.5, 0.6) is 11.5 Å². The molecule has 1 aromatic carbocycles. The van der Waals surface area contributed by atoms with Gasteiger partial charge in [0, 0.05) is 13.1 Å². The van der Waals surface area contributed by atoms with Crippen molar-refractivity contribution in [3.63, 3.8) is 0 Å². The van der Waals surface area contributed by atoms with Crippen molar-refractivity contribution in [1.29, 1.82) is 0 Å². The maximum atomic E-state index is 5.50. The number of nitrogens with one attached hydrogen (secondary N) is 1. The number of halogens is 1. The molecule has 1 N–H and O–H groups in total. The van der Waals surface area contributed by atoms with Crippen molar-refractivity contribution >= 4 is 12.4 Å². The van der Waals surface area contributed by atoms with Crippen LogP contribution in [0.1, 0.15) is 12.5 Å². The third-order valence-corrected chi connectivity index (χ3v) is 2.15. The molecule has 0 heterocycles. The van der Waals surface area contributed by atoms with E-state index < -0.39 is 0 Å². The van der Waals surface area contributed by atoms with Crippen LogP contribution in [0.4, 0.5) is 0 Å². The minimum atomic E-state index is 0. The Morgan fingerprint density at radius 1 is 1.35 bits per heavy atom. The molecule has 0 atom stereocenters. The van der Waals surface area contributed by atoms with Crippen LogP contribution in [0, 0.1) is 0 Å². The monoisotopic (exact) mass is 257 g/mol. The molecule has 0 saturated heterocycles. The lowest BCUT2D eigenvalue weighted by Gasteiger charge is -2.11. The smallest absolute Gasteiger partial charge is 0.161 e. The number of hydrogen-bond donors (Lipinski definition) is 1. The Kier molecular flexibility index (Phi) is 8.28. The summed E-state index contributed by atoms with van der Waals surface area (Å²) in [6.45, 7) is 7.86. The quantitative estimate of drug-likeness (QED) is 0.602. The van der Waals surface area contributed by atoms with Crippen molar-refractivity contribution in [3.05, 3.63) is 36.4 Å². The average molecular weight is 258 g/mol. The first-order valence-electron chi connectivity index (χ1n) is 5.43. The van der Waals surface area contributed by atoms with Crippen LogP contribution in [-0.4, -0.2) is 20.3 Å². The van der Waals surface area contributed by atoms with E-state index in [4.69, 9.17) is 9.47 Å². The first-order chi connectivity index (χ1) is 7.81. The lowest BCUT2D eigenvalue weighted by Crippen LogP contribution is -2.12. The fraction of sp³-hybridized carbons (Fsp3) is 0.385. The molecule has 0 fully saturated rings. The van der Waals surface area contributed by atoms with E-state index in [1.165, 1.54) is 5.56 Å². The van der Waals surface area contributed by atoms with Crippen molar-refractivity contribution in [3.8, 4) is 11.5 Å². The van der Waals surface area contributed by atoms with Crippen LogP contribution < -0.4 is 14.8 Å². The molecule has 1 rings (SSSR count). The summed E-state index contributed by atoms with van der Waals surface area (Å²) >= 11 is 0. The molecule has 0 saturated carbocycles. The molecule has 0 bridgehead atoms. The van der Waals surface area contributed by atoms with Crippen molar-refractivity contribution in [2.75, 3.05) is 20.3 Å². The van der Waals surface area contributed by atoms with Crippen molar-refractivity contribution < 1.29 is 9.47 Å². The van der Waals surface area contributed by atoms with E-state index >= 15 is 0 Å². The fourth-order valence-electron chi connectivity index (χ4n) is 1.42. The number of benzene rings is 1. The maximum Gasteiger partial charge on any atom is 0.161 e. The molecular formula is C13H20ClNO2. The first-order valence-corrected chi connectivity index (χ1v) is 5.43. The van der Waals surface area contributed by atoms with Gasteiger partial charge in [0.2, 0.25) is 0 Å². The van der Waals surface area contributed by atoms with E-state index in [-0.39, 0.29) is 12.4 Å². The van der Waals surface area contributed by atoms with Gasteiger partial charge in [-0.1, -0.05) is 12.1 Å². The minimum absolute atomic E-state index is 0. The molecular weight excluding hydrogens is 238 g/mol. The summed E-state index contributed by atoms with van der Waals surface area (Å²) in [5, 5.41) is 3.24. The van der Waals surface area contributed by atoms with Gasteiger partial charge in [0.1, 0.15) is 0 Å². The highest BCUT2D eigenvalue weighted by atomic mass is 35.5. The van der Waals surface area contributed by atoms with Gasteiger partial charge < -0.3 is 14.8 Å². The lowest BCUT2D eigenvalue weighted by atomic mass is 10.2. The Bertz CT molecular complexity index is 342. The molecule has 0 aliphatic heterocycles. The van der Waals surface area contributed by atoms with Gasteiger partial charge in [0.05, 0.1) is 13.7 Å². The Labute approximate surface area is 109 Å². The summed E-state index contributed by atoms with van der Waals surface area (Å²) < 4.78 is 10.7. The molecule has 0 amide bonds. The standard InChI is InChI=1S/C13H19NO2.ClH/c1-4-8-14-10-11-6-7-12(15-3)13(9-11)16-5-2;/h4,6-7,9,14H,1,5,8,10H2,2-3H3;1H. The Morgan fingerprint density at radius 2 is 2.12 bits per heavy atom. The molecule has 4 heteroatoms. The normalized spacial score (nSPS) is 9.29. The molecule has 0 aliphatic rings. The van der Waals surface area contributed by atoms with Gasteiger partial charge in [0.25, 0.3) is 0 Å². The summed E-state index contributed by atoms with van der Waals surface area (Å²) in [5.74, 6) is 1.57. The summed E-state index contributed by atoms with van der Waals surface area (Å²) in [6.07, 6.45) is 1.84. The molecule has 0 radical (unpaired) electrons. The van der Waals surface area contributed by atoms with Gasteiger partial charge in [-0.2, -0.15) is 0 Å². The predicted molar refractivity (Wildman–Crippen MR) is 73.3 cm³/mol. The summed E-state index contributed by atoms with van der Waals surface area (Å²) in [7, 11) is 1.65. The average Bonchev–Trinajstić information content (AvgIpc) is 2.30. The van der Waals surface area contributed by atoms with Gasteiger partial charge in [0.15, 0.2) is 11.5 Å². The minimum Gasteiger partial charge on any atom is -0.493 e. The van der Waals surface area contributed by atoms with E-state index in [1.807, 2.05) is 31.2 Å². The van der Waals surface area contributed by atoms with Gasteiger partial charge >= 0.3 is 0 Å². The lowest BCUT2D eigenvalue weighted by molar-refractivity contribution is 0.310. The largest absolute Gasteiger partial charge is 0.493 e. The summed E-state index contributed by atoms with van der Waals surface area (Å²) in [5.41, 5.74) is 1.17. The molecule has 3 nitrogen and oxygen atoms in total. The van der Waals surface area contributed by atoms with Crippen LogP contribution >= 0.6 is 12.4 Å². The van der Waals surface area contributed by atoms with Gasteiger partial charge in [-0.05, 0) is 24.6 Å². The Morgan fingerprint density at radius 3 is 2.71 bits per heavy atom. The van der Waals surface area contributed by atoms with Crippen LogP contribution in [0.3, 0.4) is 0 Å². The van der Waals surface area contributed by atoms with E-state index in [0.29, 0.717) is 6.61 Å². The van der Waals surface area contributed by atoms with Crippen LogP contribution in [0.2, 0.25) is 0 Å². The second-order valence-corrected chi connectivity index (χ2v) is 3.34. The zero-order valence-corrected chi connectivity index (χ0v) is 11.2. The van der Waals surface area contributed by atoms with Gasteiger partial charge in [-0.3, -0.25) is 0 Å². The highest BCUT2D eigenvalue weighted by Gasteiger charge is 2.04. The molecule has 17 heavy (non-hydrogen) atoms. The Hall–Kier alpha value is -1.19. The zero-order chi connectivity index (χ0) is 11.8. The second kappa shape index (κ2) is 8.90. The van der Waals surface area contributed by atoms with E-state index in [0.717, 1.165) is 24.6 Å². The number of ether oxygens (including phenoxy) is 2. The molecule has 1 aromatic rings. The van der Waals surface area contributed by atoms with Crippen molar-refractivity contribution in [2.24, 2.45) is 0 Å². The van der Waals surface area contributed by atoms with Crippen LogP contribution in [0.15, 0.2) is 30.9 Å². The fourth-order valence-corrected chi connectivity index (χ4v) is 1.42. The molecule has 0 aliphatic carbocycles. The molecule has 0 spiro atoms. The third-order valence-electron chi connectivity index (χ3n) is 2.15. The Balaban J connectivity index is 0.00000256. The molecule has 96 valence electrons. The van der Waals surface area contributed by atoms with Gasteiger partial charge in [-0.15, -0.1) is 19.0 Å². The van der Waals surface area contributed by atoms with Crippen LogP contribution in [-0.2, 0) is 6.54 Å². The predicted octanol–water partition coefficient (Wildman–Crippen LogP) is 2.79. The van der Waals surface area contributed by atoms with E-state index in [9.17, 15) is 0 Å². The van der Waals surface area contributed by atoms with E-state index in [2.05, 4.69) is 11.9 Å². The van der Waals surface area contributed by atoms with E-state index in [1.54, 1.807) is 7.11 Å². The summed E-state index contributed by atoms with van der Waals surface area (Å²) in [4.78, 5) is 0. The highest BCUT2D eigenvalue weighted by Crippen LogP contribution is 2.27. The third kappa shape index (κ3) is 5.11. The molecule has 0 unspecified atom stereocenters. The number of methoxy groups -OCH3 is 1. The maximum absolute atomic E-state index is 5.50.